The van der Waals surface area contributed by atoms with Gasteiger partial charge in [-0.1, -0.05) is 43.5 Å². The van der Waals surface area contributed by atoms with Crippen LogP contribution in [0.5, 0.6) is 5.75 Å². The highest BCUT2D eigenvalue weighted by Crippen LogP contribution is 2.37. The quantitative estimate of drug-likeness (QED) is 0.0182. The Labute approximate surface area is 509 Å². The van der Waals surface area contributed by atoms with E-state index < -0.39 is 30.1 Å². The van der Waals surface area contributed by atoms with Gasteiger partial charge in [-0.3, -0.25) is 19.2 Å². The van der Waals surface area contributed by atoms with E-state index in [1.54, 1.807) is 74.1 Å². The highest BCUT2D eigenvalue weighted by atomic mass is 32.1. The van der Waals surface area contributed by atoms with Crippen molar-refractivity contribution in [3.63, 3.8) is 0 Å². The summed E-state index contributed by atoms with van der Waals surface area (Å²) < 4.78 is 69.1. The number of likely N-dealkylation sites (tertiary alicyclic amines) is 1. The molecule has 0 unspecified atom stereocenters. The number of pyridine rings is 1. The summed E-state index contributed by atoms with van der Waals surface area (Å²) in [5.41, 5.74) is 2.09. The first-order chi connectivity index (χ1) is 42.5. The second-order valence-corrected chi connectivity index (χ2v) is 22.6. The van der Waals surface area contributed by atoms with Gasteiger partial charge in [0, 0.05) is 48.9 Å². The van der Waals surface area contributed by atoms with E-state index in [4.69, 9.17) is 37.8 Å². The van der Waals surface area contributed by atoms with Crippen LogP contribution in [-0.4, -0.2) is 165 Å². The summed E-state index contributed by atoms with van der Waals surface area (Å²) in [4.78, 5) is 69.2. The van der Waals surface area contributed by atoms with Gasteiger partial charge >= 0.3 is 0 Å². The average Bonchev–Trinajstić information content (AvgIpc) is 2.20. The number of ketones is 1. The Kier molecular flexibility index (Phi) is 24.6. The number of benzene rings is 2. The lowest BCUT2D eigenvalue weighted by atomic mass is 9.83. The fourth-order valence-electron chi connectivity index (χ4n) is 10.2. The normalized spacial score (nSPS) is 16.1. The number of anilines is 2. The number of rotatable bonds is 37. The van der Waals surface area contributed by atoms with Crippen molar-refractivity contribution in [2.24, 2.45) is 11.8 Å². The van der Waals surface area contributed by atoms with E-state index >= 15 is 0 Å². The minimum absolute atomic E-state index is 0.0674. The summed E-state index contributed by atoms with van der Waals surface area (Å²) in [5, 5.41) is 21.7. The number of halogens is 2. The molecule has 0 bridgehead atoms. The van der Waals surface area contributed by atoms with Crippen LogP contribution in [-0.2, 0) is 39.8 Å². The third-order valence-electron chi connectivity index (χ3n) is 15.3. The topological polar surface area (TPSA) is 257 Å². The average molecular weight is 1220 g/mol. The van der Waals surface area contributed by atoms with Gasteiger partial charge in [-0.15, -0.1) is 11.3 Å². The van der Waals surface area contributed by atoms with E-state index in [1.165, 1.54) is 41.3 Å². The molecule has 2 saturated carbocycles. The zero-order chi connectivity index (χ0) is 60.7. The lowest BCUT2D eigenvalue weighted by molar-refractivity contribution is -0.139. The molecule has 1 aliphatic heterocycles. The molecule has 2 aliphatic carbocycles. The molecule has 6 aromatic rings. The van der Waals surface area contributed by atoms with E-state index in [9.17, 15) is 28.0 Å². The number of aromatic nitrogens is 5. The predicted octanol–water partition coefficient (Wildman–Crippen LogP) is 8.21. The number of likely N-dealkylation sites (N-methyl/N-ethyl adjacent to an activating group) is 1. The van der Waals surface area contributed by atoms with Crippen LogP contribution in [0.2, 0.25) is 0 Å². The number of ether oxygens (including phenoxy) is 6. The Balaban J connectivity index is 0.571. The molecule has 0 spiro atoms. The predicted molar refractivity (Wildman–Crippen MR) is 321 cm³/mol. The molecule has 0 radical (unpaired) electrons. The highest BCUT2D eigenvalue weighted by Gasteiger charge is 2.40. The largest absolute Gasteiger partial charge is 0.491 e. The summed E-state index contributed by atoms with van der Waals surface area (Å²) in [7, 11) is 1.73. The van der Waals surface area contributed by atoms with Gasteiger partial charge in [0.2, 0.25) is 23.5 Å². The highest BCUT2D eigenvalue weighted by molar-refractivity contribution is 7.10. The molecular formula is C62H79F2N11O11S. The van der Waals surface area contributed by atoms with E-state index in [1.807, 2.05) is 17.0 Å². The standard InChI is InChI=1S/C62H79F2N11O11S/c1-41(65-2)58(77)72-54(44-8-4-3-5-9-44)62(79)74-22-7-12-52(74)61-71-51(40-87-61)56(76)45-10-6-11-48(34-45)85-33-32-84-31-30-83-29-28-82-27-26-81-25-24-80-23-21-66-36-42-15-17-47(18-16-42)75-38-49(55(73-75)57(63)64)69-59(78)50-39-86-60(70-50)46-19-20-67-53(35-46)68-37-43-13-14-43/h6,10-11,15-20,34-35,38-41,43-44,52,54,57,65-66H,3-5,7-9,12-14,21-33,36-37H2,1-2H3,(H,67,68)(H,69,78)(H,72,77)/t41-,52-,54-/m0/s1. The molecule has 4 aromatic heterocycles. The van der Waals surface area contributed by atoms with Crippen molar-refractivity contribution in [3.8, 4) is 22.9 Å². The summed E-state index contributed by atoms with van der Waals surface area (Å²) in [6.07, 6.45) is 10.2. The number of alkyl halides is 2. The maximum absolute atomic E-state index is 14.2. The van der Waals surface area contributed by atoms with Crippen molar-refractivity contribution < 1.29 is 60.8 Å². The van der Waals surface area contributed by atoms with Gasteiger partial charge in [-0.05, 0) is 106 Å². The van der Waals surface area contributed by atoms with Gasteiger partial charge < -0.3 is 64.3 Å². The molecule has 3 amide bonds. The molecule has 1 saturated heterocycles. The summed E-state index contributed by atoms with van der Waals surface area (Å²) in [6.45, 7) is 8.72. The minimum atomic E-state index is -2.94. The number of hydrogen-bond acceptors (Lipinski definition) is 19. The van der Waals surface area contributed by atoms with Crippen molar-refractivity contribution in [3.05, 3.63) is 118 Å². The first-order valence-corrected chi connectivity index (χ1v) is 30.9. The van der Waals surface area contributed by atoms with Crippen molar-refractivity contribution in [1.29, 1.82) is 0 Å². The van der Waals surface area contributed by atoms with E-state index in [-0.39, 0.29) is 53.4 Å². The Bertz CT molecular complexity index is 3140. The van der Waals surface area contributed by atoms with Crippen LogP contribution in [0.4, 0.5) is 20.3 Å². The Morgan fingerprint density at radius 1 is 0.793 bits per heavy atom. The maximum atomic E-state index is 14.2. The molecule has 5 heterocycles. The molecule has 9 rings (SSSR count). The van der Waals surface area contributed by atoms with E-state index in [0.717, 1.165) is 62.1 Å². The van der Waals surface area contributed by atoms with Crippen LogP contribution < -0.4 is 31.3 Å². The molecule has 5 N–H and O–H groups in total. The van der Waals surface area contributed by atoms with Gasteiger partial charge in [-0.25, -0.2) is 28.4 Å². The fraction of sp³-hybridized carbons (Fsp3) is 0.516. The summed E-state index contributed by atoms with van der Waals surface area (Å²) in [6, 6.07) is 16.5. The number of oxazole rings is 1. The summed E-state index contributed by atoms with van der Waals surface area (Å²) in [5.74, 6) is 0.951. The lowest BCUT2D eigenvalue weighted by Crippen LogP contribution is -2.55. The van der Waals surface area contributed by atoms with Gasteiger partial charge in [0.05, 0.1) is 95.7 Å². The zero-order valence-electron chi connectivity index (χ0n) is 49.4. The van der Waals surface area contributed by atoms with Crippen LogP contribution >= 0.6 is 11.3 Å². The number of hydrogen-bond donors (Lipinski definition) is 5. The molecule has 25 heteroatoms. The first kappa shape index (κ1) is 64.4. The minimum Gasteiger partial charge on any atom is -0.491 e. The molecule has 468 valence electrons. The van der Waals surface area contributed by atoms with Crippen LogP contribution in [0, 0.1) is 11.8 Å². The fourth-order valence-corrected chi connectivity index (χ4v) is 11.1. The zero-order valence-corrected chi connectivity index (χ0v) is 50.2. The first-order valence-electron chi connectivity index (χ1n) is 30.1. The number of amides is 3. The molecule has 3 aliphatic rings. The summed E-state index contributed by atoms with van der Waals surface area (Å²) >= 11 is 1.38. The number of carbonyl (C=O) groups is 4. The van der Waals surface area contributed by atoms with Crippen molar-refractivity contribution in [2.75, 3.05) is 110 Å². The van der Waals surface area contributed by atoms with Gasteiger partial charge in [-0.2, -0.15) is 5.10 Å². The number of thiazole rings is 1. The van der Waals surface area contributed by atoms with E-state index in [2.05, 4.69) is 41.7 Å². The smallest absolute Gasteiger partial charge is 0.284 e. The Morgan fingerprint density at radius 3 is 2.21 bits per heavy atom. The lowest BCUT2D eigenvalue weighted by Gasteiger charge is -2.35. The molecule has 2 aromatic carbocycles. The molecule has 3 atom stereocenters. The van der Waals surface area contributed by atoms with Crippen LogP contribution in [0.25, 0.3) is 17.1 Å². The third-order valence-corrected chi connectivity index (χ3v) is 16.3. The third kappa shape index (κ3) is 19.2. The SMILES string of the molecule is CN[C@@H](C)C(=O)N[C@H](C(=O)N1CCC[C@H]1c1nc(C(=O)c2cccc(OCCOCCOCCOCCOCCOCCNCc3ccc(-n4cc(NC(=O)c5coc(-c6ccnc(NCC7CC7)c6)n5)c(C(F)F)n4)cc3)c2)cs1)C1CCCCC1. The van der Waals surface area contributed by atoms with E-state index in [0.29, 0.717) is 126 Å². The molecular weight excluding hydrogens is 1140 g/mol. The monoisotopic (exact) mass is 1220 g/mol. The van der Waals surface area contributed by atoms with Crippen molar-refractivity contribution in [2.45, 2.75) is 95.8 Å². The molecule has 22 nitrogen and oxygen atoms in total. The van der Waals surface area contributed by atoms with Gasteiger partial charge in [0.25, 0.3) is 12.3 Å². The van der Waals surface area contributed by atoms with Crippen molar-refractivity contribution in [1.82, 2.24) is 45.6 Å². The number of carbonyl (C=O) groups excluding carboxylic acids is 4. The van der Waals surface area contributed by atoms with Gasteiger partial charge in [0.15, 0.2) is 11.4 Å². The van der Waals surface area contributed by atoms with Crippen LogP contribution in [0.1, 0.15) is 120 Å². The van der Waals surface area contributed by atoms with Crippen LogP contribution in [0.3, 0.4) is 0 Å². The second-order valence-electron chi connectivity index (χ2n) is 21.7. The number of nitrogens with one attached hydrogen (secondary N) is 5. The van der Waals surface area contributed by atoms with Crippen LogP contribution in [0.15, 0.2) is 89.1 Å². The Hall–Kier alpha value is -7.10. The second kappa shape index (κ2) is 33.3. The molecule has 3 fully saturated rings. The van der Waals surface area contributed by atoms with Gasteiger partial charge in [0.1, 0.15) is 41.2 Å². The Morgan fingerprint density at radius 2 is 1.51 bits per heavy atom. The molecule has 87 heavy (non-hydrogen) atoms. The maximum Gasteiger partial charge on any atom is 0.284 e. The van der Waals surface area contributed by atoms with Crippen molar-refractivity contribution >= 4 is 46.3 Å². The number of nitrogens with zero attached hydrogens (tertiary/aromatic N) is 6.